The predicted octanol–water partition coefficient (Wildman–Crippen LogP) is 2.15. The predicted molar refractivity (Wildman–Crippen MR) is 75.7 cm³/mol. The molecule has 0 aliphatic carbocycles. The van der Waals surface area contributed by atoms with Crippen molar-refractivity contribution in [3.8, 4) is 0 Å². The number of amides is 2. The molecule has 0 aliphatic heterocycles. The minimum Gasteiger partial charge on any atom is -0.368 e. The Morgan fingerprint density at radius 1 is 1.40 bits per heavy atom. The number of benzene rings is 1. The first-order valence-electron chi connectivity index (χ1n) is 6.63. The van der Waals surface area contributed by atoms with E-state index in [0.29, 0.717) is 12.0 Å². The zero-order valence-electron chi connectivity index (χ0n) is 12.3. The van der Waals surface area contributed by atoms with Crippen LogP contribution < -0.4 is 11.1 Å². The van der Waals surface area contributed by atoms with E-state index in [1.54, 1.807) is 13.8 Å². The van der Waals surface area contributed by atoms with Gasteiger partial charge in [-0.3, -0.25) is 9.59 Å². The maximum atomic E-state index is 13.3. The van der Waals surface area contributed by atoms with Gasteiger partial charge < -0.3 is 11.1 Å². The summed E-state index contributed by atoms with van der Waals surface area (Å²) in [5, 5.41) is 2.68. The smallest absolute Gasteiger partial charge is 0.252 e. The summed E-state index contributed by atoms with van der Waals surface area (Å²) >= 11 is 0. The first kappa shape index (κ1) is 16.1. The zero-order chi connectivity index (χ0) is 15.5. The van der Waals surface area contributed by atoms with Crippen molar-refractivity contribution in [2.75, 3.05) is 0 Å². The van der Waals surface area contributed by atoms with Crippen molar-refractivity contribution in [1.82, 2.24) is 5.32 Å². The van der Waals surface area contributed by atoms with E-state index in [-0.39, 0.29) is 11.5 Å². The van der Waals surface area contributed by atoms with Gasteiger partial charge in [0.25, 0.3) is 5.91 Å². The van der Waals surface area contributed by atoms with E-state index in [9.17, 15) is 14.0 Å². The number of aryl methyl sites for hydroxylation is 1. The molecule has 110 valence electrons. The van der Waals surface area contributed by atoms with Crippen molar-refractivity contribution < 1.29 is 14.0 Å². The fourth-order valence-corrected chi connectivity index (χ4v) is 2.27. The summed E-state index contributed by atoms with van der Waals surface area (Å²) in [4.78, 5) is 24.1. The number of hydrogen-bond donors (Lipinski definition) is 2. The Bertz CT molecular complexity index is 529. The molecule has 1 rings (SSSR count). The van der Waals surface area contributed by atoms with Crippen LogP contribution in [0.3, 0.4) is 0 Å². The van der Waals surface area contributed by atoms with Crippen molar-refractivity contribution in [3.63, 3.8) is 0 Å². The van der Waals surface area contributed by atoms with Gasteiger partial charge in [0.2, 0.25) is 5.91 Å². The van der Waals surface area contributed by atoms with Crippen LogP contribution in [0, 0.1) is 18.7 Å². The molecule has 4 nitrogen and oxygen atoms in total. The summed E-state index contributed by atoms with van der Waals surface area (Å²) in [5.41, 5.74) is 5.17. The average Bonchev–Trinajstić information content (AvgIpc) is 2.37. The molecular formula is C15H21FN2O2. The number of carbonyl (C=O) groups excluding carboxylic acids is 2. The molecule has 0 aliphatic rings. The van der Waals surface area contributed by atoms with Gasteiger partial charge in [0.15, 0.2) is 0 Å². The van der Waals surface area contributed by atoms with Gasteiger partial charge in [-0.2, -0.15) is 0 Å². The van der Waals surface area contributed by atoms with Crippen LogP contribution >= 0.6 is 0 Å². The maximum absolute atomic E-state index is 13.3. The third-order valence-electron chi connectivity index (χ3n) is 3.76. The maximum Gasteiger partial charge on any atom is 0.252 e. The standard InChI is InChI=1S/C15H21FN2O2/c1-5-15(9(2)3,14(17)20)18-13(19)12-8-11(16)7-6-10(12)4/h6-9H,5H2,1-4H3,(H2,17,20)(H,18,19)/t15-/m0/s1. The van der Waals surface area contributed by atoms with E-state index in [1.807, 2.05) is 13.8 Å². The van der Waals surface area contributed by atoms with E-state index in [2.05, 4.69) is 5.32 Å². The molecule has 3 N–H and O–H groups in total. The van der Waals surface area contributed by atoms with E-state index >= 15 is 0 Å². The van der Waals surface area contributed by atoms with Crippen LogP contribution in [0.5, 0.6) is 0 Å². The van der Waals surface area contributed by atoms with Gasteiger partial charge in [0.05, 0.1) is 0 Å². The topological polar surface area (TPSA) is 72.2 Å². The number of hydrogen-bond acceptors (Lipinski definition) is 2. The van der Waals surface area contributed by atoms with E-state index in [1.165, 1.54) is 12.1 Å². The largest absolute Gasteiger partial charge is 0.368 e. The molecule has 0 fully saturated rings. The second-order valence-corrected chi connectivity index (χ2v) is 5.26. The van der Waals surface area contributed by atoms with Gasteiger partial charge in [-0.1, -0.05) is 26.8 Å². The monoisotopic (exact) mass is 280 g/mol. The lowest BCUT2D eigenvalue weighted by Crippen LogP contribution is -2.60. The highest BCUT2D eigenvalue weighted by atomic mass is 19.1. The lowest BCUT2D eigenvalue weighted by atomic mass is 9.82. The van der Waals surface area contributed by atoms with Gasteiger partial charge in [0, 0.05) is 5.56 Å². The fourth-order valence-electron chi connectivity index (χ4n) is 2.27. The normalized spacial score (nSPS) is 13.9. The molecule has 2 amide bonds. The number of nitrogens with one attached hydrogen (secondary N) is 1. The lowest BCUT2D eigenvalue weighted by molar-refractivity contribution is -0.126. The highest BCUT2D eigenvalue weighted by Crippen LogP contribution is 2.22. The second kappa shape index (κ2) is 6.03. The van der Waals surface area contributed by atoms with Crippen LogP contribution in [0.4, 0.5) is 4.39 Å². The summed E-state index contributed by atoms with van der Waals surface area (Å²) < 4.78 is 13.3. The summed E-state index contributed by atoms with van der Waals surface area (Å²) in [5.74, 6) is -1.73. The van der Waals surface area contributed by atoms with Gasteiger partial charge >= 0.3 is 0 Å². The number of carbonyl (C=O) groups is 2. The van der Waals surface area contributed by atoms with Crippen LogP contribution in [0.25, 0.3) is 0 Å². The summed E-state index contributed by atoms with van der Waals surface area (Å²) in [6.45, 7) is 7.12. The van der Waals surface area contributed by atoms with Crippen LogP contribution in [0.1, 0.15) is 43.1 Å². The number of nitrogens with two attached hydrogens (primary N) is 1. The molecular weight excluding hydrogens is 259 g/mol. The Labute approximate surface area is 118 Å². The molecule has 1 atom stereocenters. The Kier molecular flexibility index (Phi) is 4.87. The highest BCUT2D eigenvalue weighted by Gasteiger charge is 2.40. The number of rotatable bonds is 5. The molecule has 0 saturated heterocycles. The minimum absolute atomic E-state index is 0.164. The van der Waals surface area contributed by atoms with Crippen molar-refractivity contribution in [1.29, 1.82) is 0 Å². The first-order valence-corrected chi connectivity index (χ1v) is 6.63. The quantitative estimate of drug-likeness (QED) is 0.867. The lowest BCUT2D eigenvalue weighted by Gasteiger charge is -2.34. The van der Waals surface area contributed by atoms with Gasteiger partial charge in [-0.25, -0.2) is 4.39 Å². The van der Waals surface area contributed by atoms with E-state index < -0.39 is 23.2 Å². The molecule has 1 aromatic rings. The Hall–Kier alpha value is -1.91. The van der Waals surface area contributed by atoms with E-state index in [4.69, 9.17) is 5.73 Å². The Balaban J connectivity index is 3.15. The average molecular weight is 280 g/mol. The Morgan fingerprint density at radius 3 is 2.45 bits per heavy atom. The second-order valence-electron chi connectivity index (χ2n) is 5.26. The summed E-state index contributed by atoms with van der Waals surface area (Å²) in [7, 11) is 0. The van der Waals surface area contributed by atoms with Gasteiger partial charge in [0.1, 0.15) is 11.4 Å². The zero-order valence-corrected chi connectivity index (χ0v) is 12.3. The van der Waals surface area contributed by atoms with Crippen LogP contribution in [-0.4, -0.2) is 17.4 Å². The SMILES string of the molecule is CC[C@@](NC(=O)c1cc(F)ccc1C)(C(N)=O)C(C)C. The Morgan fingerprint density at radius 2 is 2.00 bits per heavy atom. The molecule has 1 aromatic carbocycles. The highest BCUT2D eigenvalue weighted by molar-refractivity contribution is 6.00. The molecule has 0 aromatic heterocycles. The third kappa shape index (κ3) is 2.98. The molecule has 0 unspecified atom stereocenters. The van der Waals surface area contributed by atoms with Crippen LogP contribution in [0.2, 0.25) is 0 Å². The van der Waals surface area contributed by atoms with Gasteiger partial charge in [-0.05, 0) is 37.0 Å². The molecule has 5 heteroatoms. The molecule has 0 radical (unpaired) electrons. The minimum atomic E-state index is -1.13. The molecule has 0 heterocycles. The van der Waals surface area contributed by atoms with Crippen molar-refractivity contribution >= 4 is 11.8 Å². The van der Waals surface area contributed by atoms with Crippen molar-refractivity contribution in [2.45, 2.75) is 39.7 Å². The van der Waals surface area contributed by atoms with Crippen molar-refractivity contribution in [3.05, 3.63) is 35.1 Å². The molecule has 0 bridgehead atoms. The van der Waals surface area contributed by atoms with Gasteiger partial charge in [-0.15, -0.1) is 0 Å². The summed E-state index contributed by atoms with van der Waals surface area (Å²) in [6, 6.07) is 3.97. The molecule has 0 spiro atoms. The first-order chi connectivity index (χ1) is 9.24. The fraction of sp³-hybridized carbons (Fsp3) is 0.467. The number of halogens is 1. The third-order valence-corrected chi connectivity index (χ3v) is 3.76. The van der Waals surface area contributed by atoms with Crippen LogP contribution in [0.15, 0.2) is 18.2 Å². The van der Waals surface area contributed by atoms with E-state index in [0.717, 1.165) is 6.07 Å². The van der Waals surface area contributed by atoms with Crippen molar-refractivity contribution in [2.24, 2.45) is 11.7 Å². The number of primary amides is 1. The van der Waals surface area contributed by atoms with Crippen LogP contribution in [-0.2, 0) is 4.79 Å². The molecule has 20 heavy (non-hydrogen) atoms. The summed E-state index contributed by atoms with van der Waals surface area (Å²) in [6.07, 6.45) is 0.375. The molecule has 0 saturated carbocycles.